The predicted octanol–water partition coefficient (Wildman–Crippen LogP) is 3.21. The zero-order valence-electron chi connectivity index (χ0n) is 12.6. The molecule has 0 aliphatic rings. The van der Waals surface area contributed by atoms with Gasteiger partial charge in [-0.05, 0) is 45.1 Å². The van der Waals surface area contributed by atoms with Crippen molar-refractivity contribution in [3.63, 3.8) is 0 Å². The van der Waals surface area contributed by atoms with E-state index in [1.807, 2.05) is 19.1 Å². The number of alkyl halides is 1. The summed E-state index contributed by atoms with van der Waals surface area (Å²) in [4.78, 5) is 11.6. The third-order valence-electron chi connectivity index (χ3n) is 3.68. The second kappa shape index (κ2) is 7.04. The number of aromatic nitrogens is 3. The van der Waals surface area contributed by atoms with Gasteiger partial charge in [0.1, 0.15) is 11.3 Å². The Balaban J connectivity index is 2.17. The zero-order chi connectivity index (χ0) is 14.5. The molecule has 0 saturated heterocycles. The van der Waals surface area contributed by atoms with Crippen LogP contribution >= 0.6 is 11.6 Å². The fourth-order valence-electron chi connectivity index (χ4n) is 2.47. The average Bonchev–Trinajstić information content (AvgIpc) is 2.81. The highest BCUT2D eigenvalue weighted by molar-refractivity contribution is 6.16. The van der Waals surface area contributed by atoms with E-state index in [0.717, 1.165) is 55.3 Å². The van der Waals surface area contributed by atoms with Crippen molar-refractivity contribution in [1.29, 1.82) is 0 Å². The minimum Gasteiger partial charge on any atom is -0.312 e. The number of hydrogen-bond donors (Lipinski definition) is 0. The van der Waals surface area contributed by atoms with Crippen molar-refractivity contribution in [2.24, 2.45) is 0 Å². The van der Waals surface area contributed by atoms with Crippen LogP contribution in [-0.2, 0) is 12.4 Å². The Morgan fingerprint density at radius 3 is 2.60 bits per heavy atom. The molecule has 2 rings (SSSR count). The highest BCUT2D eigenvalue weighted by Gasteiger charge is 2.11. The van der Waals surface area contributed by atoms with Crippen molar-refractivity contribution >= 4 is 22.8 Å². The Kier molecular flexibility index (Phi) is 5.38. The third kappa shape index (κ3) is 3.30. The molecule has 0 N–H and O–H groups in total. The number of halogens is 1. The Bertz CT molecular complexity index is 560. The third-order valence-corrected chi connectivity index (χ3v) is 3.92. The lowest BCUT2D eigenvalue weighted by Crippen LogP contribution is -2.25. The minimum atomic E-state index is 0.431. The summed E-state index contributed by atoms with van der Waals surface area (Å²) in [5, 5.41) is 0. The highest BCUT2D eigenvalue weighted by Crippen LogP contribution is 2.17. The lowest BCUT2D eigenvalue weighted by molar-refractivity contribution is 0.293. The largest absolute Gasteiger partial charge is 0.312 e. The fraction of sp³-hybridized carbons (Fsp3) is 0.600. The second-order valence-electron chi connectivity index (χ2n) is 4.99. The first kappa shape index (κ1) is 15.3. The molecular formula is C15H23ClN4. The summed E-state index contributed by atoms with van der Waals surface area (Å²) in [5.41, 5.74) is 2.91. The zero-order valence-corrected chi connectivity index (χ0v) is 13.3. The average molecular weight is 295 g/mol. The Labute approximate surface area is 125 Å². The molecule has 0 aromatic carbocycles. The number of hydrogen-bond acceptors (Lipinski definition) is 3. The van der Waals surface area contributed by atoms with Crippen LogP contribution in [0.2, 0.25) is 0 Å². The SMILES string of the molecule is CCN(CC)CCCn1c(CCl)nc2ccc(C)nc21. The van der Waals surface area contributed by atoms with E-state index < -0.39 is 0 Å². The van der Waals surface area contributed by atoms with Crippen LogP contribution in [0.15, 0.2) is 12.1 Å². The van der Waals surface area contributed by atoms with Crippen LogP contribution in [-0.4, -0.2) is 39.1 Å². The fourth-order valence-corrected chi connectivity index (χ4v) is 2.68. The van der Waals surface area contributed by atoms with Gasteiger partial charge in [-0.3, -0.25) is 0 Å². The van der Waals surface area contributed by atoms with E-state index in [-0.39, 0.29) is 0 Å². The van der Waals surface area contributed by atoms with Gasteiger partial charge in [0.2, 0.25) is 0 Å². The molecule has 110 valence electrons. The first-order valence-electron chi connectivity index (χ1n) is 7.30. The molecule has 4 nitrogen and oxygen atoms in total. The van der Waals surface area contributed by atoms with Gasteiger partial charge in [-0.1, -0.05) is 13.8 Å². The van der Waals surface area contributed by atoms with Gasteiger partial charge in [-0.25, -0.2) is 9.97 Å². The Hall–Kier alpha value is -1.13. The van der Waals surface area contributed by atoms with Gasteiger partial charge >= 0.3 is 0 Å². The number of rotatable bonds is 7. The molecule has 2 aromatic rings. The van der Waals surface area contributed by atoms with E-state index in [4.69, 9.17) is 11.6 Å². The topological polar surface area (TPSA) is 34.0 Å². The van der Waals surface area contributed by atoms with Gasteiger partial charge in [0, 0.05) is 12.2 Å². The van der Waals surface area contributed by atoms with E-state index in [1.54, 1.807) is 0 Å². The quantitative estimate of drug-likeness (QED) is 0.735. The molecule has 0 saturated carbocycles. The molecule has 5 heteroatoms. The summed E-state index contributed by atoms with van der Waals surface area (Å²) < 4.78 is 2.17. The van der Waals surface area contributed by atoms with Gasteiger partial charge < -0.3 is 9.47 Å². The van der Waals surface area contributed by atoms with Crippen molar-refractivity contribution < 1.29 is 0 Å². The van der Waals surface area contributed by atoms with Crippen LogP contribution in [0.3, 0.4) is 0 Å². The van der Waals surface area contributed by atoms with E-state index in [1.165, 1.54) is 0 Å². The summed E-state index contributed by atoms with van der Waals surface area (Å²) >= 11 is 6.02. The van der Waals surface area contributed by atoms with Crippen molar-refractivity contribution in [2.45, 2.75) is 39.6 Å². The van der Waals surface area contributed by atoms with Gasteiger partial charge in [-0.15, -0.1) is 11.6 Å². The molecule has 0 aliphatic heterocycles. The standard InChI is InChI=1S/C15H23ClN4/c1-4-19(5-2)9-6-10-20-14(11-16)18-13-8-7-12(3)17-15(13)20/h7-8H,4-6,9-11H2,1-3H3. The molecule has 0 spiro atoms. The monoisotopic (exact) mass is 294 g/mol. The number of aryl methyl sites for hydroxylation is 2. The molecule has 0 radical (unpaired) electrons. The number of fused-ring (bicyclic) bond motifs is 1. The van der Waals surface area contributed by atoms with E-state index in [9.17, 15) is 0 Å². The maximum absolute atomic E-state index is 6.02. The molecule has 0 amide bonds. The normalized spacial score (nSPS) is 11.7. The molecule has 2 aromatic heterocycles. The van der Waals surface area contributed by atoms with Crippen LogP contribution in [0.1, 0.15) is 31.8 Å². The van der Waals surface area contributed by atoms with Gasteiger partial charge in [-0.2, -0.15) is 0 Å². The molecule has 0 unspecified atom stereocenters. The minimum absolute atomic E-state index is 0.431. The summed E-state index contributed by atoms with van der Waals surface area (Å²) in [7, 11) is 0. The number of imidazole rings is 1. The maximum atomic E-state index is 6.02. The Morgan fingerprint density at radius 1 is 1.20 bits per heavy atom. The van der Waals surface area contributed by atoms with Crippen molar-refractivity contribution in [3.8, 4) is 0 Å². The smallest absolute Gasteiger partial charge is 0.160 e. The van der Waals surface area contributed by atoms with Crippen LogP contribution in [0.4, 0.5) is 0 Å². The van der Waals surface area contributed by atoms with E-state index >= 15 is 0 Å². The van der Waals surface area contributed by atoms with Gasteiger partial charge in [0.05, 0.1) is 5.88 Å². The molecule has 2 heterocycles. The molecule has 0 bridgehead atoms. The number of pyridine rings is 1. The van der Waals surface area contributed by atoms with Crippen molar-refractivity contribution in [2.75, 3.05) is 19.6 Å². The first-order chi connectivity index (χ1) is 9.69. The lowest BCUT2D eigenvalue weighted by atomic mass is 10.3. The predicted molar refractivity (Wildman–Crippen MR) is 84.2 cm³/mol. The van der Waals surface area contributed by atoms with Crippen LogP contribution < -0.4 is 0 Å². The number of nitrogens with zero attached hydrogens (tertiary/aromatic N) is 4. The molecular weight excluding hydrogens is 272 g/mol. The highest BCUT2D eigenvalue weighted by atomic mass is 35.5. The summed E-state index contributed by atoms with van der Waals surface area (Å²) in [6, 6.07) is 4.02. The summed E-state index contributed by atoms with van der Waals surface area (Å²) in [5.74, 6) is 1.35. The molecule has 0 aliphatic carbocycles. The molecule has 0 fully saturated rings. The maximum Gasteiger partial charge on any atom is 0.160 e. The molecule has 0 atom stereocenters. The lowest BCUT2D eigenvalue weighted by Gasteiger charge is -2.18. The summed E-state index contributed by atoms with van der Waals surface area (Å²) in [6.07, 6.45) is 1.09. The van der Waals surface area contributed by atoms with Crippen molar-refractivity contribution in [1.82, 2.24) is 19.4 Å². The summed E-state index contributed by atoms with van der Waals surface area (Å²) in [6.45, 7) is 10.6. The Morgan fingerprint density at radius 2 is 1.95 bits per heavy atom. The van der Waals surface area contributed by atoms with E-state index in [0.29, 0.717) is 5.88 Å². The van der Waals surface area contributed by atoms with Crippen LogP contribution in [0.25, 0.3) is 11.2 Å². The van der Waals surface area contributed by atoms with Gasteiger partial charge in [0.25, 0.3) is 0 Å². The van der Waals surface area contributed by atoms with Gasteiger partial charge in [0.15, 0.2) is 5.65 Å². The molecule has 20 heavy (non-hydrogen) atoms. The van der Waals surface area contributed by atoms with Crippen LogP contribution in [0.5, 0.6) is 0 Å². The van der Waals surface area contributed by atoms with E-state index in [2.05, 4.69) is 33.3 Å². The first-order valence-corrected chi connectivity index (χ1v) is 7.84. The van der Waals surface area contributed by atoms with Crippen molar-refractivity contribution in [3.05, 3.63) is 23.7 Å². The van der Waals surface area contributed by atoms with Crippen LogP contribution in [0, 0.1) is 6.92 Å². The second-order valence-corrected chi connectivity index (χ2v) is 5.26.